The Kier molecular flexibility index (Phi) is 4.86. The summed E-state index contributed by atoms with van der Waals surface area (Å²) in [6.45, 7) is 2.51. The first kappa shape index (κ1) is 15.0. The number of nitrogens with zero attached hydrogens (tertiary/aromatic N) is 3. The molecule has 7 heteroatoms. The van der Waals surface area contributed by atoms with Gasteiger partial charge < -0.3 is 10.1 Å². The molecular weight excluding hydrogens is 275 g/mol. The molecule has 2 aromatic rings. The van der Waals surface area contributed by atoms with Crippen LogP contribution in [0.5, 0.6) is 5.75 Å². The molecular formula is C14H17FN4O2. The van der Waals surface area contributed by atoms with E-state index in [0.29, 0.717) is 12.1 Å². The first-order valence-electron chi connectivity index (χ1n) is 6.52. The van der Waals surface area contributed by atoms with Gasteiger partial charge in [-0.1, -0.05) is 13.0 Å². The summed E-state index contributed by atoms with van der Waals surface area (Å²) in [7, 11) is 1.41. The van der Waals surface area contributed by atoms with Gasteiger partial charge in [0.15, 0.2) is 11.6 Å². The molecule has 0 fully saturated rings. The second-order valence-corrected chi connectivity index (χ2v) is 4.71. The molecule has 0 bridgehead atoms. The van der Waals surface area contributed by atoms with Crippen LogP contribution in [0.3, 0.4) is 0 Å². The second-order valence-electron chi connectivity index (χ2n) is 4.71. The van der Waals surface area contributed by atoms with Crippen molar-refractivity contribution in [1.29, 1.82) is 0 Å². The topological polar surface area (TPSA) is 69.0 Å². The molecule has 21 heavy (non-hydrogen) atoms. The van der Waals surface area contributed by atoms with Gasteiger partial charge in [-0.05, 0) is 17.7 Å². The molecule has 0 aliphatic carbocycles. The van der Waals surface area contributed by atoms with E-state index in [-0.39, 0.29) is 24.1 Å². The number of methoxy groups -OCH3 is 1. The van der Waals surface area contributed by atoms with E-state index in [2.05, 4.69) is 15.4 Å². The fraction of sp³-hybridized carbons (Fsp3) is 0.357. The molecule has 6 nitrogen and oxygen atoms in total. The van der Waals surface area contributed by atoms with E-state index in [9.17, 15) is 9.18 Å². The second kappa shape index (κ2) is 6.83. The number of nitrogens with one attached hydrogen (secondary N) is 1. The number of carbonyl (C=O) groups excluding carboxylic acids is 1. The third-order valence-corrected chi connectivity index (χ3v) is 3.06. The minimum Gasteiger partial charge on any atom is -0.494 e. The van der Waals surface area contributed by atoms with E-state index in [1.165, 1.54) is 25.6 Å². The maximum absolute atomic E-state index is 13.5. The van der Waals surface area contributed by atoms with Crippen LogP contribution < -0.4 is 10.1 Å². The molecule has 0 aliphatic heterocycles. The zero-order chi connectivity index (χ0) is 15.2. The highest BCUT2D eigenvalue weighted by atomic mass is 19.1. The third kappa shape index (κ3) is 4.01. The van der Waals surface area contributed by atoms with Crippen LogP contribution in [0.2, 0.25) is 0 Å². The molecule has 0 spiro atoms. The number of benzene rings is 1. The van der Waals surface area contributed by atoms with E-state index in [4.69, 9.17) is 4.74 Å². The molecule has 1 aromatic carbocycles. The van der Waals surface area contributed by atoms with Gasteiger partial charge in [0.05, 0.1) is 19.6 Å². The Morgan fingerprint density at radius 3 is 2.95 bits per heavy atom. The van der Waals surface area contributed by atoms with E-state index in [0.717, 1.165) is 0 Å². The van der Waals surface area contributed by atoms with Gasteiger partial charge in [-0.3, -0.25) is 9.48 Å². The largest absolute Gasteiger partial charge is 0.494 e. The summed E-state index contributed by atoms with van der Waals surface area (Å²) in [5, 5.41) is 6.72. The van der Waals surface area contributed by atoms with Crippen molar-refractivity contribution in [2.45, 2.75) is 20.0 Å². The Morgan fingerprint density at radius 2 is 2.33 bits per heavy atom. The Morgan fingerprint density at radius 1 is 1.52 bits per heavy atom. The van der Waals surface area contributed by atoms with E-state index < -0.39 is 5.82 Å². The van der Waals surface area contributed by atoms with Crippen molar-refractivity contribution in [2.24, 2.45) is 5.92 Å². The highest BCUT2D eigenvalue weighted by molar-refractivity contribution is 5.78. The number of amides is 1. The van der Waals surface area contributed by atoms with Crippen LogP contribution in [0.1, 0.15) is 12.5 Å². The summed E-state index contributed by atoms with van der Waals surface area (Å²) in [6, 6.07) is 4.60. The molecule has 1 N–H and O–H groups in total. The van der Waals surface area contributed by atoms with Gasteiger partial charge in [0.25, 0.3) is 0 Å². The summed E-state index contributed by atoms with van der Waals surface area (Å²) in [5.74, 6) is -0.638. The predicted octanol–water partition coefficient (Wildman–Crippen LogP) is 1.38. The number of hydrogen-bond donors (Lipinski definition) is 1. The highest BCUT2D eigenvalue weighted by Crippen LogP contribution is 2.17. The molecule has 1 amide bonds. The van der Waals surface area contributed by atoms with Gasteiger partial charge in [-0.25, -0.2) is 9.37 Å². The first-order chi connectivity index (χ1) is 10.1. The predicted molar refractivity (Wildman–Crippen MR) is 74.0 cm³/mol. The fourth-order valence-electron chi connectivity index (χ4n) is 1.87. The maximum atomic E-state index is 13.5. The van der Waals surface area contributed by atoms with Gasteiger partial charge in [0.2, 0.25) is 5.91 Å². The molecule has 0 saturated carbocycles. The monoisotopic (exact) mass is 292 g/mol. The lowest BCUT2D eigenvalue weighted by atomic mass is 10.1. The lowest BCUT2D eigenvalue weighted by Gasteiger charge is -2.12. The molecule has 1 atom stereocenters. The Hall–Kier alpha value is -2.44. The molecule has 0 aliphatic rings. The van der Waals surface area contributed by atoms with Crippen LogP contribution in [0.15, 0.2) is 30.9 Å². The number of halogens is 1. The fourth-order valence-corrected chi connectivity index (χ4v) is 1.87. The van der Waals surface area contributed by atoms with Gasteiger partial charge in [0, 0.05) is 6.54 Å². The van der Waals surface area contributed by atoms with Crippen molar-refractivity contribution in [2.75, 3.05) is 7.11 Å². The number of hydrogen-bond acceptors (Lipinski definition) is 4. The Balaban J connectivity index is 1.87. The van der Waals surface area contributed by atoms with Gasteiger partial charge in [-0.2, -0.15) is 5.10 Å². The molecule has 0 radical (unpaired) electrons. The SMILES string of the molecule is COc1ccc(CNC(=O)C(C)Cn2cncn2)cc1F. The average Bonchev–Trinajstić information content (AvgIpc) is 2.97. The third-order valence-electron chi connectivity index (χ3n) is 3.06. The lowest BCUT2D eigenvalue weighted by molar-refractivity contribution is -0.125. The number of ether oxygens (including phenoxy) is 1. The van der Waals surface area contributed by atoms with E-state index >= 15 is 0 Å². The minimum absolute atomic E-state index is 0.123. The Labute approximate surface area is 121 Å². The number of aromatic nitrogens is 3. The molecule has 1 aromatic heterocycles. The van der Waals surface area contributed by atoms with Gasteiger partial charge in [0.1, 0.15) is 12.7 Å². The van der Waals surface area contributed by atoms with E-state index in [1.54, 1.807) is 24.0 Å². The van der Waals surface area contributed by atoms with Crippen molar-refractivity contribution >= 4 is 5.91 Å². The van der Waals surface area contributed by atoms with Crippen LogP contribution >= 0.6 is 0 Å². The highest BCUT2D eigenvalue weighted by Gasteiger charge is 2.14. The first-order valence-corrected chi connectivity index (χ1v) is 6.52. The van der Waals surface area contributed by atoms with Crippen LogP contribution in [-0.2, 0) is 17.9 Å². The summed E-state index contributed by atoms with van der Waals surface area (Å²) >= 11 is 0. The normalized spacial score (nSPS) is 12.0. The molecule has 2 rings (SSSR count). The van der Waals surface area contributed by atoms with E-state index in [1.807, 2.05) is 0 Å². The lowest BCUT2D eigenvalue weighted by Crippen LogP contribution is -2.31. The maximum Gasteiger partial charge on any atom is 0.224 e. The number of rotatable bonds is 6. The minimum atomic E-state index is -0.445. The summed E-state index contributed by atoms with van der Waals surface area (Å²) in [6.07, 6.45) is 2.98. The molecule has 112 valence electrons. The quantitative estimate of drug-likeness (QED) is 0.873. The summed E-state index contributed by atoms with van der Waals surface area (Å²) in [4.78, 5) is 15.8. The van der Waals surface area contributed by atoms with Crippen LogP contribution in [0.4, 0.5) is 4.39 Å². The van der Waals surface area contributed by atoms with Crippen LogP contribution in [0, 0.1) is 11.7 Å². The zero-order valence-electron chi connectivity index (χ0n) is 11.9. The standard InChI is InChI=1S/C14H17FN4O2/c1-10(7-19-9-16-8-18-19)14(20)17-6-11-3-4-13(21-2)12(15)5-11/h3-5,8-10H,6-7H2,1-2H3,(H,17,20). The number of carbonyl (C=O) groups is 1. The molecule has 1 unspecified atom stereocenters. The van der Waals surface area contributed by atoms with Crippen LogP contribution in [-0.4, -0.2) is 27.8 Å². The van der Waals surface area contributed by atoms with Crippen molar-refractivity contribution in [3.8, 4) is 5.75 Å². The van der Waals surface area contributed by atoms with Crippen LogP contribution in [0.25, 0.3) is 0 Å². The van der Waals surface area contributed by atoms with Crippen molar-refractivity contribution < 1.29 is 13.9 Å². The van der Waals surface area contributed by atoms with Crippen molar-refractivity contribution in [1.82, 2.24) is 20.1 Å². The van der Waals surface area contributed by atoms with Crippen molar-refractivity contribution in [3.05, 3.63) is 42.2 Å². The van der Waals surface area contributed by atoms with Gasteiger partial charge >= 0.3 is 0 Å². The molecule has 0 saturated heterocycles. The summed E-state index contributed by atoms with van der Waals surface area (Å²) < 4.78 is 20.0. The summed E-state index contributed by atoms with van der Waals surface area (Å²) in [5.41, 5.74) is 0.676. The Bertz CT molecular complexity index is 601. The van der Waals surface area contributed by atoms with Gasteiger partial charge in [-0.15, -0.1) is 0 Å². The average molecular weight is 292 g/mol. The molecule has 1 heterocycles. The van der Waals surface area contributed by atoms with Crippen molar-refractivity contribution in [3.63, 3.8) is 0 Å². The smallest absolute Gasteiger partial charge is 0.224 e. The zero-order valence-corrected chi connectivity index (χ0v) is 11.9.